The van der Waals surface area contributed by atoms with Gasteiger partial charge in [-0.2, -0.15) is 0 Å². The van der Waals surface area contributed by atoms with E-state index in [9.17, 15) is 9.59 Å². The fraction of sp³-hybridized carbons (Fsp3) is 0.476. The third-order valence-electron chi connectivity index (χ3n) is 5.62. The molecule has 27 heavy (non-hydrogen) atoms. The van der Waals surface area contributed by atoms with Gasteiger partial charge in [-0.05, 0) is 38.1 Å². The molecular weight excluding hydrogens is 341 g/mol. The van der Waals surface area contributed by atoms with Crippen molar-refractivity contribution in [3.05, 3.63) is 48.7 Å². The van der Waals surface area contributed by atoms with E-state index in [0.29, 0.717) is 5.92 Å². The Balaban J connectivity index is 1.68. The smallest absolute Gasteiger partial charge is 0.575 e. The van der Waals surface area contributed by atoms with Crippen LogP contribution >= 0.6 is 0 Å². The van der Waals surface area contributed by atoms with Gasteiger partial charge in [-0.15, -0.1) is 5.98 Å². The summed E-state index contributed by atoms with van der Waals surface area (Å²) in [4.78, 5) is 26.8. The maximum atomic E-state index is 12.5. The summed E-state index contributed by atoms with van der Waals surface area (Å²) < 4.78 is 11.0. The van der Waals surface area contributed by atoms with E-state index in [0.717, 1.165) is 18.4 Å². The van der Waals surface area contributed by atoms with E-state index in [1.54, 1.807) is 12.1 Å². The van der Waals surface area contributed by atoms with Gasteiger partial charge in [-0.3, -0.25) is 14.5 Å². The summed E-state index contributed by atoms with van der Waals surface area (Å²) in [6.07, 6.45) is 7.75. The molecule has 2 fully saturated rings. The molecule has 2 aliphatic rings. The first-order valence-electron chi connectivity index (χ1n) is 9.89. The van der Waals surface area contributed by atoms with Crippen LogP contribution in [0.25, 0.3) is 6.08 Å². The quantitative estimate of drug-likeness (QED) is 0.601. The fourth-order valence-corrected chi connectivity index (χ4v) is 4.03. The SMILES string of the molecule is [CH2+][B-]1(/C=C/c2ccccc2)OC(=O)CN([C@@H](C)C2CCCCC2)CC(=O)O1. The maximum Gasteiger partial charge on any atom is 0.575 e. The average Bonchev–Trinajstić information content (AvgIpc) is 2.65. The van der Waals surface area contributed by atoms with Crippen molar-refractivity contribution < 1.29 is 18.9 Å². The van der Waals surface area contributed by atoms with Crippen LogP contribution in [0.2, 0.25) is 0 Å². The maximum absolute atomic E-state index is 12.5. The number of benzene rings is 1. The summed E-state index contributed by atoms with van der Waals surface area (Å²) in [5.41, 5.74) is 0.920. The molecule has 0 aromatic heterocycles. The van der Waals surface area contributed by atoms with Gasteiger partial charge in [0, 0.05) is 6.04 Å². The molecule has 0 N–H and O–H groups in total. The highest BCUT2D eigenvalue weighted by Gasteiger charge is 2.40. The standard InChI is InChI=1S/C21H28BNO4/c1-17(19-11-7-4-8-12-19)23-15-20(24)26-22(2,27-21(25)16-23)14-13-18-9-5-3-6-10-18/h3,5-6,9-10,13-14,17,19H,2,4,7-8,11-12,15-16H2,1H3/b14-13+/t17-/m0/s1. The second kappa shape index (κ2) is 8.66. The summed E-state index contributed by atoms with van der Waals surface area (Å²) in [7, 11) is 0. The molecule has 1 saturated heterocycles. The van der Waals surface area contributed by atoms with Crippen LogP contribution in [0.4, 0.5) is 0 Å². The zero-order valence-corrected chi connectivity index (χ0v) is 16.0. The molecule has 0 bridgehead atoms. The Hall–Kier alpha value is -2.21. The number of nitrogens with zero attached hydrogens (tertiary/aromatic N) is 1. The second-order valence-corrected chi connectivity index (χ2v) is 7.73. The van der Waals surface area contributed by atoms with Crippen molar-refractivity contribution in [2.45, 2.75) is 45.1 Å². The Labute approximate surface area is 161 Å². The Bertz CT molecular complexity index is 665. The topological polar surface area (TPSA) is 55.8 Å². The number of hydrogen-bond donors (Lipinski definition) is 0. The van der Waals surface area contributed by atoms with E-state index in [1.165, 1.54) is 19.3 Å². The monoisotopic (exact) mass is 369 g/mol. The highest BCUT2D eigenvalue weighted by molar-refractivity contribution is 6.77. The minimum atomic E-state index is -2.38. The number of carbonyl (C=O) groups is 2. The van der Waals surface area contributed by atoms with E-state index >= 15 is 0 Å². The lowest BCUT2D eigenvalue weighted by Crippen LogP contribution is -2.53. The first-order chi connectivity index (χ1) is 13.0. The molecule has 1 aromatic rings. The molecule has 1 heterocycles. The molecule has 1 aliphatic carbocycles. The Morgan fingerprint density at radius 3 is 2.26 bits per heavy atom. The Morgan fingerprint density at radius 2 is 1.67 bits per heavy atom. The number of carbonyl (C=O) groups excluding carboxylic acids is 2. The molecule has 144 valence electrons. The molecule has 0 radical (unpaired) electrons. The van der Waals surface area contributed by atoms with Gasteiger partial charge in [0.25, 0.3) is 11.9 Å². The van der Waals surface area contributed by atoms with Gasteiger partial charge in [0.1, 0.15) is 0 Å². The molecule has 0 unspecified atom stereocenters. The van der Waals surface area contributed by atoms with Crippen molar-refractivity contribution in [2.75, 3.05) is 13.1 Å². The molecule has 0 spiro atoms. The molecule has 3 rings (SSSR count). The highest BCUT2D eigenvalue weighted by atomic mass is 16.7. The Kier molecular flexibility index (Phi) is 6.27. The summed E-state index contributed by atoms with van der Waals surface area (Å²) >= 11 is 0. The molecule has 1 saturated carbocycles. The lowest BCUT2D eigenvalue weighted by molar-refractivity contribution is -0.148. The van der Waals surface area contributed by atoms with Crippen molar-refractivity contribution in [1.29, 1.82) is 0 Å². The van der Waals surface area contributed by atoms with Gasteiger partial charge in [-0.1, -0.05) is 55.7 Å². The molecule has 5 nitrogen and oxygen atoms in total. The van der Waals surface area contributed by atoms with Crippen LogP contribution in [0.5, 0.6) is 0 Å². The molecular formula is C21H28BNO4. The Morgan fingerprint density at radius 1 is 1.07 bits per heavy atom. The zero-order chi connectivity index (χ0) is 19.3. The average molecular weight is 369 g/mol. The highest BCUT2D eigenvalue weighted by Crippen LogP contribution is 2.29. The van der Waals surface area contributed by atoms with E-state index in [2.05, 4.69) is 13.7 Å². The summed E-state index contributed by atoms with van der Waals surface area (Å²) in [6.45, 7) is 3.77. The summed E-state index contributed by atoms with van der Waals surface area (Å²) in [5, 5.41) is 0. The largest absolute Gasteiger partial charge is 0.612 e. The van der Waals surface area contributed by atoms with Gasteiger partial charge in [-0.25, -0.2) is 0 Å². The van der Waals surface area contributed by atoms with Crippen LogP contribution < -0.4 is 0 Å². The summed E-state index contributed by atoms with van der Waals surface area (Å²) in [6, 6.07) is 9.70. The predicted molar refractivity (Wildman–Crippen MR) is 106 cm³/mol. The fourth-order valence-electron chi connectivity index (χ4n) is 4.03. The van der Waals surface area contributed by atoms with Gasteiger partial charge in [0.2, 0.25) is 0 Å². The van der Waals surface area contributed by atoms with Gasteiger partial charge >= 0.3 is 6.55 Å². The van der Waals surface area contributed by atoms with Crippen molar-refractivity contribution in [1.82, 2.24) is 4.90 Å². The van der Waals surface area contributed by atoms with Crippen LogP contribution in [0.3, 0.4) is 0 Å². The molecule has 1 atom stereocenters. The van der Waals surface area contributed by atoms with E-state index in [1.807, 2.05) is 35.2 Å². The first-order valence-corrected chi connectivity index (χ1v) is 9.89. The molecule has 1 aromatic carbocycles. The summed E-state index contributed by atoms with van der Waals surface area (Å²) in [5.74, 6) is 1.27. The van der Waals surface area contributed by atoms with Crippen LogP contribution in [-0.4, -0.2) is 42.5 Å². The van der Waals surface area contributed by atoms with Crippen LogP contribution in [0.15, 0.2) is 36.3 Å². The third-order valence-corrected chi connectivity index (χ3v) is 5.62. The zero-order valence-electron chi connectivity index (χ0n) is 16.0. The van der Waals surface area contributed by atoms with Crippen molar-refractivity contribution in [3.63, 3.8) is 0 Å². The third kappa shape index (κ3) is 5.39. The lowest BCUT2D eigenvalue weighted by atomic mass is 9.59. The minimum absolute atomic E-state index is 0.0883. The number of hydrogen-bond acceptors (Lipinski definition) is 5. The van der Waals surface area contributed by atoms with Crippen molar-refractivity contribution >= 4 is 24.6 Å². The first kappa shape index (κ1) is 19.6. The normalized spacial score (nSPS) is 23.3. The van der Waals surface area contributed by atoms with E-state index in [4.69, 9.17) is 9.31 Å². The molecule has 6 heteroatoms. The van der Waals surface area contributed by atoms with Gasteiger partial charge < -0.3 is 9.31 Å². The van der Waals surface area contributed by atoms with Gasteiger partial charge in [0.05, 0.1) is 13.1 Å². The number of rotatable bonds is 4. The van der Waals surface area contributed by atoms with Gasteiger partial charge in [0.15, 0.2) is 0 Å². The molecule has 1 aliphatic heterocycles. The van der Waals surface area contributed by atoms with Crippen LogP contribution in [0, 0.1) is 12.7 Å². The predicted octanol–water partition coefficient (Wildman–Crippen LogP) is 3.43. The van der Waals surface area contributed by atoms with Crippen molar-refractivity contribution in [2.24, 2.45) is 5.92 Å². The second-order valence-electron chi connectivity index (χ2n) is 7.73. The minimum Gasteiger partial charge on any atom is -0.612 e. The molecule has 0 amide bonds. The van der Waals surface area contributed by atoms with E-state index in [-0.39, 0.29) is 19.1 Å². The van der Waals surface area contributed by atoms with Crippen LogP contribution in [-0.2, 0) is 18.9 Å². The lowest BCUT2D eigenvalue weighted by Gasteiger charge is -2.39. The van der Waals surface area contributed by atoms with Crippen molar-refractivity contribution in [3.8, 4) is 0 Å². The van der Waals surface area contributed by atoms with E-state index < -0.39 is 18.5 Å². The van der Waals surface area contributed by atoms with Crippen LogP contribution in [0.1, 0.15) is 44.6 Å².